The minimum Gasteiger partial charge on any atom is -0.312 e. The molecule has 0 saturated carbocycles. The molecular formula is C11H8N2. The Morgan fingerprint density at radius 1 is 1.31 bits per heavy atom. The van der Waals surface area contributed by atoms with E-state index in [1.54, 1.807) is 6.20 Å². The lowest BCUT2D eigenvalue weighted by Gasteiger charge is -1.96. The molecule has 2 heteroatoms. The Labute approximate surface area is 76.7 Å². The fourth-order valence-corrected chi connectivity index (χ4v) is 1.31. The maximum atomic E-state index is 6.76. The van der Waals surface area contributed by atoms with Crippen LogP contribution in [0.3, 0.4) is 0 Å². The molecule has 1 aromatic carbocycles. The Morgan fingerprint density at radius 2 is 2.23 bits per heavy atom. The Morgan fingerprint density at radius 3 is 3.08 bits per heavy atom. The molecule has 0 bridgehead atoms. The summed E-state index contributed by atoms with van der Waals surface area (Å²) >= 11 is 0. The van der Waals surface area contributed by atoms with E-state index in [1.165, 1.54) is 0 Å². The summed E-state index contributed by atoms with van der Waals surface area (Å²) in [5.74, 6) is 0. The number of aromatic nitrogens is 1. The van der Waals surface area contributed by atoms with Crippen LogP contribution in [0.25, 0.3) is 15.7 Å². The van der Waals surface area contributed by atoms with Gasteiger partial charge in [-0.1, -0.05) is 6.07 Å². The van der Waals surface area contributed by atoms with Gasteiger partial charge >= 0.3 is 0 Å². The molecule has 0 aliphatic heterocycles. The monoisotopic (exact) mass is 168 g/mol. The lowest BCUT2D eigenvalue weighted by molar-refractivity contribution is 1.27. The van der Waals surface area contributed by atoms with E-state index in [9.17, 15) is 0 Å². The number of benzene rings is 1. The van der Waals surface area contributed by atoms with Gasteiger partial charge in [0.2, 0.25) is 6.54 Å². The summed E-state index contributed by atoms with van der Waals surface area (Å²) in [5.41, 5.74) is 2.03. The predicted octanol–water partition coefficient (Wildman–Crippen LogP) is 2.65. The predicted molar refractivity (Wildman–Crippen MR) is 52.0 cm³/mol. The molecule has 13 heavy (non-hydrogen) atoms. The molecule has 62 valence electrons. The molecule has 0 spiro atoms. The zero-order valence-corrected chi connectivity index (χ0v) is 7.07. The first-order valence-electron chi connectivity index (χ1n) is 4.07. The maximum Gasteiger partial charge on any atom is 0.239 e. The standard InChI is InChI=1S/C11H8N2/c1-12-8-9-4-5-11-10(7-9)3-2-6-13-11/h2-7H,8H2. The molecule has 0 N–H and O–H groups in total. The van der Waals surface area contributed by atoms with Crippen LogP contribution in [0.5, 0.6) is 0 Å². The summed E-state index contributed by atoms with van der Waals surface area (Å²) in [6.07, 6.45) is 1.77. The van der Waals surface area contributed by atoms with E-state index in [-0.39, 0.29) is 0 Å². The summed E-state index contributed by atoms with van der Waals surface area (Å²) in [6, 6.07) is 9.84. The molecule has 0 amide bonds. The van der Waals surface area contributed by atoms with Crippen molar-refractivity contribution in [2.45, 2.75) is 6.54 Å². The lowest BCUT2D eigenvalue weighted by atomic mass is 10.1. The highest BCUT2D eigenvalue weighted by Gasteiger charge is 1.97. The Bertz CT molecular complexity index is 469. The molecule has 0 fully saturated rings. The van der Waals surface area contributed by atoms with Gasteiger partial charge in [0.05, 0.1) is 5.52 Å². The van der Waals surface area contributed by atoms with Crippen LogP contribution in [0.15, 0.2) is 36.5 Å². The molecule has 0 aliphatic rings. The number of hydrogen-bond acceptors (Lipinski definition) is 1. The average Bonchev–Trinajstić information content (AvgIpc) is 2.18. The zero-order valence-electron chi connectivity index (χ0n) is 7.07. The molecule has 0 aliphatic carbocycles. The first kappa shape index (κ1) is 7.75. The van der Waals surface area contributed by atoms with E-state index in [4.69, 9.17) is 6.57 Å². The van der Waals surface area contributed by atoms with Gasteiger partial charge in [-0.3, -0.25) is 4.98 Å². The smallest absolute Gasteiger partial charge is 0.239 e. The topological polar surface area (TPSA) is 17.2 Å². The number of pyridine rings is 1. The summed E-state index contributed by atoms with van der Waals surface area (Å²) in [4.78, 5) is 7.55. The average molecular weight is 168 g/mol. The molecule has 1 heterocycles. The van der Waals surface area contributed by atoms with Gasteiger partial charge in [-0.2, -0.15) is 0 Å². The SMILES string of the molecule is [C-]#[N+]Cc1ccc2ncccc2c1. The third-order valence-corrected chi connectivity index (χ3v) is 1.93. The van der Waals surface area contributed by atoms with Crippen molar-refractivity contribution in [3.05, 3.63) is 53.5 Å². The zero-order chi connectivity index (χ0) is 9.10. The van der Waals surface area contributed by atoms with Crippen LogP contribution in [0.4, 0.5) is 0 Å². The fourth-order valence-electron chi connectivity index (χ4n) is 1.31. The summed E-state index contributed by atoms with van der Waals surface area (Å²) in [5, 5.41) is 1.10. The lowest BCUT2D eigenvalue weighted by Crippen LogP contribution is -1.81. The van der Waals surface area contributed by atoms with Crippen molar-refractivity contribution in [2.75, 3.05) is 0 Å². The maximum absolute atomic E-state index is 6.76. The Kier molecular flexibility index (Phi) is 1.93. The molecule has 2 rings (SSSR count). The van der Waals surface area contributed by atoms with Gasteiger partial charge in [-0.15, -0.1) is 0 Å². The molecule has 2 nitrogen and oxygen atoms in total. The summed E-state index contributed by atoms with van der Waals surface area (Å²) in [6.45, 7) is 7.21. The van der Waals surface area contributed by atoms with Crippen LogP contribution in [0.1, 0.15) is 5.56 Å². The molecule has 0 saturated heterocycles. The van der Waals surface area contributed by atoms with Crippen molar-refractivity contribution in [3.8, 4) is 0 Å². The molecule has 0 unspecified atom stereocenters. The second kappa shape index (κ2) is 3.24. The Hall–Kier alpha value is -1.88. The van der Waals surface area contributed by atoms with Gasteiger partial charge in [0, 0.05) is 17.1 Å². The normalized spacial score (nSPS) is 9.77. The summed E-state index contributed by atoms with van der Waals surface area (Å²) in [7, 11) is 0. The van der Waals surface area contributed by atoms with Gasteiger partial charge in [-0.25, -0.2) is 6.57 Å². The van der Waals surface area contributed by atoms with Gasteiger partial charge in [0.15, 0.2) is 0 Å². The highest BCUT2D eigenvalue weighted by Crippen LogP contribution is 2.13. The number of hydrogen-bond donors (Lipinski definition) is 0. The van der Waals surface area contributed by atoms with Crippen molar-refractivity contribution in [1.29, 1.82) is 0 Å². The van der Waals surface area contributed by atoms with Crippen LogP contribution in [-0.2, 0) is 6.54 Å². The first-order chi connectivity index (χ1) is 6.40. The molecule has 0 atom stereocenters. The third-order valence-electron chi connectivity index (χ3n) is 1.93. The highest BCUT2D eigenvalue weighted by atomic mass is 14.6. The first-order valence-corrected chi connectivity index (χ1v) is 4.07. The Balaban J connectivity index is 2.57. The number of nitrogens with zero attached hydrogens (tertiary/aromatic N) is 2. The third kappa shape index (κ3) is 1.50. The largest absolute Gasteiger partial charge is 0.312 e. The summed E-state index contributed by atoms with van der Waals surface area (Å²) < 4.78 is 0. The van der Waals surface area contributed by atoms with Crippen molar-refractivity contribution in [3.63, 3.8) is 0 Å². The second-order valence-corrected chi connectivity index (χ2v) is 2.85. The van der Waals surface area contributed by atoms with Gasteiger partial charge in [0.1, 0.15) is 0 Å². The van der Waals surface area contributed by atoms with Crippen molar-refractivity contribution in [2.24, 2.45) is 0 Å². The highest BCUT2D eigenvalue weighted by molar-refractivity contribution is 5.78. The molecular weight excluding hydrogens is 160 g/mol. The van der Waals surface area contributed by atoms with Crippen LogP contribution >= 0.6 is 0 Å². The number of fused-ring (bicyclic) bond motifs is 1. The van der Waals surface area contributed by atoms with Crippen LogP contribution in [0, 0.1) is 6.57 Å². The van der Waals surface area contributed by atoms with Crippen molar-refractivity contribution >= 4 is 10.9 Å². The van der Waals surface area contributed by atoms with E-state index in [2.05, 4.69) is 9.83 Å². The van der Waals surface area contributed by atoms with E-state index in [1.807, 2.05) is 30.3 Å². The van der Waals surface area contributed by atoms with Crippen molar-refractivity contribution < 1.29 is 0 Å². The van der Waals surface area contributed by atoms with Crippen molar-refractivity contribution in [1.82, 2.24) is 4.98 Å². The molecule has 2 aromatic rings. The quantitative estimate of drug-likeness (QED) is 0.598. The fraction of sp³-hybridized carbons (Fsp3) is 0.0909. The van der Waals surface area contributed by atoms with Crippen LogP contribution in [0.2, 0.25) is 0 Å². The minimum absolute atomic E-state index is 0.449. The van der Waals surface area contributed by atoms with E-state index in [0.29, 0.717) is 6.54 Å². The number of rotatable bonds is 1. The van der Waals surface area contributed by atoms with E-state index < -0.39 is 0 Å². The van der Waals surface area contributed by atoms with Gasteiger partial charge in [0.25, 0.3) is 0 Å². The van der Waals surface area contributed by atoms with Gasteiger partial charge in [-0.05, 0) is 24.3 Å². The van der Waals surface area contributed by atoms with Gasteiger partial charge < -0.3 is 4.85 Å². The molecule has 1 aromatic heterocycles. The second-order valence-electron chi connectivity index (χ2n) is 2.85. The van der Waals surface area contributed by atoms with Crippen LogP contribution < -0.4 is 0 Å². The van der Waals surface area contributed by atoms with E-state index >= 15 is 0 Å². The molecule has 0 radical (unpaired) electrons. The minimum atomic E-state index is 0.449. The van der Waals surface area contributed by atoms with E-state index in [0.717, 1.165) is 16.5 Å². The van der Waals surface area contributed by atoms with Crippen LogP contribution in [-0.4, -0.2) is 4.98 Å².